The topological polar surface area (TPSA) is 51.2 Å². The van der Waals surface area contributed by atoms with Crippen molar-refractivity contribution >= 4 is 11.7 Å². The van der Waals surface area contributed by atoms with Crippen LogP contribution in [0.3, 0.4) is 0 Å². The Labute approximate surface area is 104 Å². The van der Waals surface area contributed by atoms with E-state index in [2.05, 4.69) is 9.72 Å². The van der Waals surface area contributed by atoms with Gasteiger partial charge in [0.05, 0.1) is 18.5 Å². The number of nitrogens with zero attached hydrogens (tertiary/aromatic N) is 1. The number of alkyl halides is 5. The predicted molar refractivity (Wildman–Crippen MR) is 54.4 cm³/mol. The molecule has 0 fully saturated rings. The first kappa shape index (κ1) is 15.1. The van der Waals surface area contributed by atoms with Crippen LogP contribution in [-0.4, -0.2) is 23.9 Å². The van der Waals surface area contributed by atoms with E-state index in [0.29, 0.717) is 12.3 Å². The highest BCUT2D eigenvalue weighted by Crippen LogP contribution is 2.29. The zero-order valence-electron chi connectivity index (χ0n) is 9.59. The molecular weight excluding hydrogens is 275 g/mol. The van der Waals surface area contributed by atoms with Gasteiger partial charge in [0.25, 0.3) is 0 Å². The minimum absolute atomic E-state index is 0.248. The van der Waals surface area contributed by atoms with Crippen molar-refractivity contribution in [2.45, 2.75) is 19.1 Å². The van der Waals surface area contributed by atoms with E-state index in [1.54, 1.807) is 0 Å². The van der Waals surface area contributed by atoms with Crippen LogP contribution in [0.5, 0.6) is 0 Å². The third-order valence-corrected chi connectivity index (χ3v) is 1.90. The van der Waals surface area contributed by atoms with Gasteiger partial charge in [0.15, 0.2) is 0 Å². The lowest BCUT2D eigenvalue weighted by Crippen LogP contribution is -2.29. The van der Waals surface area contributed by atoms with Crippen molar-refractivity contribution in [1.82, 2.24) is 4.98 Å². The Kier molecular flexibility index (Phi) is 4.28. The Morgan fingerprint density at radius 3 is 2.37 bits per heavy atom. The van der Waals surface area contributed by atoms with Crippen LogP contribution < -0.4 is 5.32 Å². The number of carbonyl (C=O) groups is 1. The molecule has 19 heavy (non-hydrogen) atoms. The van der Waals surface area contributed by atoms with Crippen molar-refractivity contribution in [1.29, 1.82) is 0 Å². The molecule has 0 atom stereocenters. The number of ether oxygens (including phenoxy) is 1. The van der Waals surface area contributed by atoms with E-state index in [-0.39, 0.29) is 6.61 Å². The number of pyridine rings is 1. The number of hydrogen-bond acceptors (Lipinski definition) is 4. The van der Waals surface area contributed by atoms with Crippen LogP contribution in [0.4, 0.5) is 27.6 Å². The van der Waals surface area contributed by atoms with Crippen molar-refractivity contribution < 1.29 is 31.5 Å². The van der Waals surface area contributed by atoms with Crippen molar-refractivity contribution in [2.24, 2.45) is 0 Å². The van der Waals surface area contributed by atoms with Gasteiger partial charge >= 0.3 is 18.2 Å². The normalized spacial score (nSPS) is 12.1. The van der Waals surface area contributed by atoms with Gasteiger partial charge in [0.2, 0.25) is 0 Å². The number of anilines is 1. The fraction of sp³-hybridized carbons (Fsp3) is 0.400. The van der Waals surface area contributed by atoms with E-state index >= 15 is 0 Å². The Hall–Kier alpha value is -1.93. The zero-order valence-corrected chi connectivity index (χ0v) is 9.59. The molecule has 1 heterocycles. The van der Waals surface area contributed by atoms with Gasteiger partial charge < -0.3 is 4.74 Å². The van der Waals surface area contributed by atoms with Crippen LogP contribution in [0.2, 0.25) is 0 Å². The molecule has 0 aromatic carbocycles. The van der Waals surface area contributed by atoms with Crippen LogP contribution >= 0.6 is 0 Å². The third-order valence-electron chi connectivity index (χ3n) is 1.90. The lowest BCUT2D eigenvalue weighted by molar-refractivity contribution is -0.173. The Balaban J connectivity index is 2.89. The average molecular weight is 284 g/mol. The molecule has 0 amide bonds. The summed E-state index contributed by atoms with van der Waals surface area (Å²) < 4.78 is 66.8. The summed E-state index contributed by atoms with van der Waals surface area (Å²) in [6.45, 7) is 1.10. The molecule has 1 aromatic heterocycles. The van der Waals surface area contributed by atoms with Gasteiger partial charge in [-0.2, -0.15) is 22.0 Å². The Morgan fingerprint density at radius 2 is 1.95 bits per heavy atom. The first-order valence-electron chi connectivity index (χ1n) is 5.03. The molecule has 0 aliphatic carbocycles. The maximum atomic E-state index is 13.4. The third kappa shape index (κ3) is 4.04. The molecule has 0 bridgehead atoms. The quantitative estimate of drug-likeness (QED) is 0.524. The number of esters is 1. The molecule has 0 saturated carbocycles. The van der Waals surface area contributed by atoms with Crippen molar-refractivity contribution in [3.05, 3.63) is 24.0 Å². The van der Waals surface area contributed by atoms with Gasteiger partial charge in [-0.15, -0.1) is 0 Å². The van der Waals surface area contributed by atoms with Gasteiger partial charge in [-0.3, -0.25) is 10.3 Å². The van der Waals surface area contributed by atoms with E-state index < -0.39 is 29.6 Å². The number of carbonyl (C=O) groups excluding carboxylic acids is 1. The molecule has 0 unspecified atom stereocenters. The maximum absolute atomic E-state index is 13.4. The molecule has 0 aliphatic rings. The summed E-state index contributed by atoms with van der Waals surface area (Å²) >= 11 is 0. The molecule has 0 saturated heterocycles. The van der Waals surface area contributed by atoms with Crippen molar-refractivity contribution in [3.8, 4) is 0 Å². The van der Waals surface area contributed by atoms with Gasteiger partial charge in [-0.05, 0) is 19.1 Å². The molecule has 0 spiro atoms. The smallest absolute Gasteiger partial charge is 0.461 e. The highest BCUT2D eigenvalue weighted by Gasteiger charge is 2.44. The first-order chi connectivity index (χ1) is 8.66. The SMILES string of the molecule is CCOC(=O)C(F)(F)c1ccc(NC(F)(F)F)cn1. The second-order valence-corrected chi connectivity index (χ2v) is 3.35. The monoisotopic (exact) mass is 284 g/mol. The fourth-order valence-corrected chi connectivity index (χ4v) is 1.14. The number of hydrogen-bond donors (Lipinski definition) is 1. The van der Waals surface area contributed by atoms with Crippen LogP contribution in [0.15, 0.2) is 18.3 Å². The van der Waals surface area contributed by atoms with E-state index in [1.807, 2.05) is 0 Å². The molecule has 9 heteroatoms. The number of halogens is 5. The van der Waals surface area contributed by atoms with Gasteiger partial charge in [0.1, 0.15) is 5.69 Å². The standard InChI is InChI=1S/C10H9F5N2O2/c1-2-19-8(18)9(11,12)7-4-3-6(5-16-7)17-10(13,14)15/h3-5,17H,2H2,1H3. The minimum atomic E-state index is -4.70. The number of aromatic nitrogens is 1. The van der Waals surface area contributed by atoms with Crippen LogP contribution in [-0.2, 0) is 15.5 Å². The molecule has 106 valence electrons. The highest BCUT2D eigenvalue weighted by molar-refractivity contribution is 5.78. The number of nitrogens with one attached hydrogen (secondary N) is 1. The Bertz CT molecular complexity index is 444. The van der Waals surface area contributed by atoms with Crippen LogP contribution in [0, 0.1) is 0 Å². The van der Waals surface area contributed by atoms with Gasteiger partial charge in [-0.25, -0.2) is 4.79 Å². The second-order valence-electron chi connectivity index (χ2n) is 3.35. The summed E-state index contributed by atoms with van der Waals surface area (Å²) in [5.41, 5.74) is -1.51. The minimum Gasteiger partial charge on any atom is -0.461 e. The van der Waals surface area contributed by atoms with E-state index in [0.717, 1.165) is 11.4 Å². The van der Waals surface area contributed by atoms with E-state index in [1.165, 1.54) is 6.92 Å². The van der Waals surface area contributed by atoms with Crippen molar-refractivity contribution in [2.75, 3.05) is 11.9 Å². The fourth-order valence-electron chi connectivity index (χ4n) is 1.14. The van der Waals surface area contributed by atoms with E-state index in [9.17, 15) is 26.7 Å². The van der Waals surface area contributed by atoms with E-state index in [4.69, 9.17) is 0 Å². The lowest BCUT2D eigenvalue weighted by Gasteiger charge is -2.15. The molecule has 1 N–H and O–H groups in total. The molecular formula is C10H9F5N2O2. The second kappa shape index (κ2) is 5.37. The molecule has 1 rings (SSSR count). The van der Waals surface area contributed by atoms with Gasteiger partial charge in [0, 0.05) is 0 Å². The van der Waals surface area contributed by atoms with Crippen LogP contribution in [0.1, 0.15) is 12.6 Å². The largest absolute Gasteiger partial charge is 0.482 e. The Morgan fingerprint density at radius 1 is 1.32 bits per heavy atom. The molecule has 0 aliphatic heterocycles. The van der Waals surface area contributed by atoms with Crippen molar-refractivity contribution in [3.63, 3.8) is 0 Å². The average Bonchev–Trinajstić information content (AvgIpc) is 2.27. The highest BCUT2D eigenvalue weighted by atomic mass is 19.4. The van der Waals surface area contributed by atoms with Gasteiger partial charge in [-0.1, -0.05) is 0 Å². The summed E-state index contributed by atoms with van der Waals surface area (Å²) in [6.07, 6.45) is -4.15. The maximum Gasteiger partial charge on any atom is 0.482 e. The zero-order chi connectivity index (χ0) is 14.7. The lowest BCUT2D eigenvalue weighted by atomic mass is 10.2. The summed E-state index contributed by atoms with van der Waals surface area (Å²) in [5.74, 6) is -5.81. The summed E-state index contributed by atoms with van der Waals surface area (Å²) in [7, 11) is 0. The summed E-state index contributed by atoms with van der Waals surface area (Å²) in [5, 5.41) is 1.09. The summed E-state index contributed by atoms with van der Waals surface area (Å²) in [4.78, 5) is 14.1. The number of rotatable bonds is 4. The molecule has 1 aromatic rings. The predicted octanol–water partition coefficient (Wildman–Crippen LogP) is 2.67. The van der Waals surface area contributed by atoms with Crippen LogP contribution in [0.25, 0.3) is 0 Å². The molecule has 4 nitrogen and oxygen atoms in total. The summed E-state index contributed by atoms with van der Waals surface area (Å²) in [6, 6.07) is 1.36. The molecule has 0 radical (unpaired) electrons. The first-order valence-corrected chi connectivity index (χ1v) is 5.03.